The standard InChI is InChI=1S/C16H28O3/c1-5-13(15(18)19-16(2,3)4)10-9-12-7-6-8-14(17)11-12/h10,12,14,17H,5-9,11H2,1-4H3/b13-10+/t12-,14-/m1/s1. The molecule has 0 heterocycles. The zero-order chi connectivity index (χ0) is 14.5. The van der Waals surface area contributed by atoms with E-state index in [9.17, 15) is 9.90 Å². The molecule has 0 aromatic rings. The van der Waals surface area contributed by atoms with E-state index in [4.69, 9.17) is 4.74 Å². The van der Waals surface area contributed by atoms with E-state index in [1.54, 1.807) is 0 Å². The van der Waals surface area contributed by atoms with Gasteiger partial charge in [-0.25, -0.2) is 4.79 Å². The van der Waals surface area contributed by atoms with Gasteiger partial charge < -0.3 is 9.84 Å². The minimum absolute atomic E-state index is 0.154. The topological polar surface area (TPSA) is 46.5 Å². The van der Waals surface area contributed by atoms with Gasteiger partial charge in [-0.3, -0.25) is 0 Å². The number of rotatable bonds is 4. The molecule has 1 N–H and O–H groups in total. The zero-order valence-electron chi connectivity index (χ0n) is 12.7. The first-order valence-electron chi connectivity index (χ1n) is 7.42. The summed E-state index contributed by atoms with van der Waals surface area (Å²) >= 11 is 0. The fraction of sp³-hybridized carbons (Fsp3) is 0.812. The second-order valence-corrected chi connectivity index (χ2v) is 6.51. The summed E-state index contributed by atoms with van der Waals surface area (Å²) in [5, 5.41) is 9.65. The minimum atomic E-state index is -0.438. The average molecular weight is 268 g/mol. The molecule has 1 rings (SSSR count). The van der Waals surface area contributed by atoms with Crippen LogP contribution in [0.5, 0.6) is 0 Å². The van der Waals surface area contributed by atoms with Gasteiger partial charge in [-0.2, -0.15) is 0 Å². The van der Waals surface area contributed by atoms with Crippen LogP contribution in [0.2, 0.25) is 0 Å². The van der Waals surface area contributed by atoms with Gasteiger partial charge in [0.15, 0.2) is 0 Å². The lowest BCUT2D eigenvalue weighted by molar-refractivity contribution is -0.150. The molecule has 2 atom stereocenters. The van der Waals surface area contributed by atoms with Crippen molar-refractivity contribution in [1.29, 1.82) is 0 Å². The van der Waals surface area contributed by atoms with E-state index in [0.29, 0.717) is 12.3 Å². The van der Waals surface area contributed by atoms with E-state index in [-0.39, 0.29) is 12.1 Å². The van der Waals surface area contributed by atoms with Crippen molar-refractivity contribution in [1.82, 2.24) is 0 Å². The third-order valence-electron chi connectivity index (χ3n) is 3.49. The maximum absolute atomic E-state index is 12.0. The molecule has 0 radical (unpaired) electrons. The van der Waals surface area contributed by atoms with Gasteiger partial charge in [-0.1, -0.05) is 19.4 Å². The van der Waals surface area contributed by atoms with E-state index in [0.717, 1.165) is 37.7 Å². The Morgan fingerprint density at radius 2 is 2.05 bits per heavy atom. The summed E-state index contributed by atoms with van der Waals surface area (Å²) in [5.41, 5.74) is 0.321. The molecule has 1 fully saturated rings. The molecule has 19 heavy (non-hydrogen) atoms. The predicted molar refractivity (Wildman–Crippen MR) is 76.8 cm³/mol. The molecule has 1 saturated carbocycles. The summed E-state index contributed by atoms with van der Waals surface area (Å²) in [6.45, 7) is 7.63. The van der Waals surface area contributed by atoms with Gasteiger partial charge in [-0.15, -0.1) is 0 Å². The van der Waals surface area contributed by atoms with Crippen molar-refractivity contribution in [3.8, 4) is 0 Å². The third kappa shape index (κ3) is 6.24. The average Bonchev–Trinajstić information content (AvgIpc) is 2.27. The Bertz CT molecular complexity index is 325. The number of carbonyl (C=O) groups excluding carboxylic acids is 1. The third-order valence-corrected chi connectivity index (χ3v) is 3.49. The molecule has 0 saturated heterocycles. The van der Waals surface area contributed by atoms with Crippen LogP contribution in [0.25, 0.3) is 0 Å². The van der Waals surface area contributed by atoms with Crippen LogP contribution in [-0.4, -0.2) is 22.8 Å². The highest BCUT2D eigenvalue weighted by molar-refractivity contribution is 5.88. The Labute approximate surface area is 117 Å². The highest BCUT2D eigenvalue weighted by Crippen LogP contribution is 2.28. The van der Waals surface area contributed by atoms with Gasteiger partial charge in [0.1, 0.15) is 5.60 Å². The van der Waals surface area contributed by atoms with Gasteiger partial charge in [-0.05, 0) is 58.8 Å². The summed E-state index contributed by atoms with van der Waals surface area (Å²) in [6.07, 6.45) is 7.46. The molecule has 0 amide bonds. The van der Waals surface area contributed by atoms with E-state index in [2.05, 4.69) is 0 Å². The van der Waals surface area contributed by atoms with Gasteiger partial charge in [0.25, 0.3) is 0 Å². The van der Waals surface area contributed by atoms with E-state index < -0.39 is 5.60 Å². The molecule has 1 aliphatic carbocycles. The maximum atomic E-state index is 12.0. The Hall–Kier alpha value is -0.830. The summed E-state index contributed by atoms with van der Waals surface area (Å²) in [4.78, 5) is 12.0. The van der Waals surface area contributed by atoms with Crippen LogP contribution in [0.1, 0.15) is 66.2 Å². The number of carbonyl (C=O) groups is 1. The van der Waals surface area contributed by atoms with Gasteiger partial charge in [0.2, 0.25) is 0 Å². The monoisotopic (exact) mass is 268 g/mol. The Morgan fingerprint density at radius 1 is 1.37 bits per heavy atom. The van der Waals surface area contributed by atoms with E-state index >= 15 is 0 Å². The van der Waals surface area contributed by atoms with E-state index in [1.807, 2.05) is 33.8 Å². The zero-order valence-corrected chi connectivity index (χ0v) is 12.7. The highest BCUT2D eigenvalue weighted by atomic mass is 16.6. The number of allylic oxidation sites excluding steroid dienone is 1. The quantitative estimate of drug-likeness (QED) is 0.626. The number of hydrogen-bond donors (Lipinski definition) is 1. The minimum Gasteiger partial charge on any atom is -0.457 e. The number of esters is 1. The summed E-state index contributed by atoms with van der Waals surface area (Å²) < 4.78 is 5.40. The maximum Gasteiger partial charge on any atom is 0.334 e. The molecule has 3 heteroatoms. The Morgan fingerprint density at radius 3 is 2.58 bits per heavy atom. The molecule has 0 aromatic carbocycles. The smallest absolute Gasteiger partial charge is 0.334 e. The molecule has 3 nitrogen and oxygen atoms in total. The van der Waals surface area contributed by atoms with Crippen molar-refractivity contribution in [2.45, 2.75) is 77.9 Å². The van der Waals surface area contributed by atoms with Gasteiger partial charge in [0.05, 0.1) is 6.10 Å². The summed E-state index contributed by atoms with van der Waals surface area (Å²) in [7, 11) is 0. The molecule has 110 valence electrons. The van der Waals surface area contributed by atoms with Crippen LogP contribution < -0.4 is 0 Å². The molecule has 0 unspecified atom stereocenters. The van der Waals surface area contributed by atoms with Crippen LogP contribution in [-0.2, 0) is 9.53 Å². The highest BCUT2D eigenvalue weighted by Gasteiger charge is 2.21. The summed E-state index contributed by atoms with van der Waals surface area (Å²) in [6, 6.07) is 0. The SMILES string of the molecule is CC/C(=C\C[C@H]1CCC[C@@H](O)C1)C(=O)OC(C)(C)C. The lowest BCUT2D eigenvalue weighted by atomic mass is 9.84. The molecule has 0 aromatic heterocycles. The molecule has 0 bridgehead atoms. The van der Waals surface area contributed by atoms with Crippen LogP contribution >= 0.6 is 0 Å². The number of ether oxygens (including phenoxy) is 1. The van der Waals surface area contributed by atoms with Crippen molar-refractivity contribution < 1.29 is 14.6 Å². The lowest BCUT2D eigenvalue weighted by Gasteiger charge is -2.25. The first-order valence-corrected chi connectivity index (χ1v) is 7.42. The van der Waals surface area contributed by atoms with Crippen molar-refractivity contribution in [2.24, 2.45) is 5.92 Å². The lowest BCUT2D eigenvalue weighted by Crippen LogP contribution is -2.25. The number of hydrogen-bond acceptors (Lipinski definition) is 3. The molecule has 1 aliphatic rings. The fourth-order valence-corrected chi connectivity index (χ4v) is 2.50. The predicted octanol–water partition coefficient (Wildman–Crippen LogP) is 3.61. The number of aliphatic hydroxyl groups is 1. The fourth-order valence-electron chi connectivity index (χ4n) is 2.50. The molecular formula is C16H28O3. The second kappa shape index (κ2) is 7.09. The van der Waals surface area contributed by atoms with Crippen molar-refractivity contribution >= 4 is 5.97 Å². The Balaban J connectivity index is 2.54. The molecular weight excluding hydrogens is 240 g/mol. The van der Waals surface area contributed by atoms with Crippen LogP contribution in [0.15, 0.2) is 11.6 Å². The first kappa shape index (κ1) is 16.2. The van der Waals surface area contributed by atoms with Crippen molar-refractivity contribution in [2.75, 3.05) is 0 Å². The second-order valence-electron chi connectivity index (χ2n) is 6.51. The van der Waals surface area contributed by atoms with Crippen LogP contribution in [0.3, 0.4) is 0 Å². The largest absolute Gasteiger partial charge is 0.457 e. The summed E-state index contributed by atoms with van der Waals surface area (Å²) in [5.74, 6) is 0.305. The van der Waals surface area contributed by atoms with E-state index in [1.165, 1.54) is 0 Å². The van der Waals surface area contributed by atoms with Gasteiger partial charge >= 0.3 is 5.97 Å². The Kier molecular flexibility index (Phi) is 6.05. The first-order chi connectivity index (χ1) is 8.81. The molecule has 0 aliphatic heterocycles. The number of aliphatic hydroxyl groups excluding tert-OH is 1. The van der Waals surface area contributed by atoms with Crippen molar-refractivity contribution in [3.63, 3.8) is 0 Å². The van der Waals surface area contributed by atoms with Gasteiger partial charge in [0, 0.05) is 5.57 Å². The van der Waals surface area contributed by atoms with Crippen molar-refractivity contribution in [3.05, 3.63) is 11.6 Å². The van der Waals surface area contributed by atoms with Crippen LogP contribution in [0, 0.1) is 5.92 Å². The normalized spacial score (nSPS) is 25.2. The van der Waals surface area contributed by atoms with Crippen LogP contribution in [0.4, 0.5) is 0 Å². The molecule has 0 spiro atoms.